The molecule has 0 aromatic heterocycles. The van der Waals surface area contributed by atoms with E-state index in [1.807, 2.05) is 6.92 Å². The third-order valence-electron chi connectivity index (χ3n) is 2.48. The Morgan fingerprint density at radius 2 is 2.21 bits per heavy atom. The van der Waals surface area contributed by atoms with Gasteiger partial charge in [0.25, 0.3) is 0 Å². The number of carbonyl (C=O) groups excluding carboxylic acids is 1. The Labute approximate surface area is 95.4 Å². The summed E-state index contributed by atoms with van der Waals surface area (Å²) in [5.41, 5.74) is -0.368. The van der Waals surface area contributed by atoms with Crippen molar-refractivity contribution in [3.8, 4) is 0 Å². The smallest absolute Gasteiger partial charge is 0.312 e. The van der Waals surface area contributed by atoms with Gasteiger partial charge in [-0.25, -0.2) is 0 Å². The van der Waals surface area contributed by atoms with Crippen LogP contribution in [-0.4, -0.2) is 29.9 Å². The summed E-state index contributed by atoms with van der Waals surface area (Å²) in [6.45, 7) is 4.69. The van der Waals surface area contributed by atoms with Crippen molar-refractivity contribution >= 4 is 31.2 Å². The van der Waals surface area contributed by atoms with Crippen molar-refractivity contribution < 1.29 is 14.3 Å². The molecule has 0 amide bonds. The summed E-state index contributed by atoms with van der Waals surface area (Å²) in [6.07, 6.45) is 0. The van der Waals surface area contributed by atoms with Crippen LogP contribution in [0.2, 0.25) is 0 Å². The van der Waals surface area contributed by atoms with Gasteiger partial charge in [0.1, 0.15) is 5.44 Å². The SMILES string of the molecule is CCOC(=O)C1C(S)OCC(S)C1C. The summed E-state index contributed by atoms with van der Waals surface area (Å²) in [5.74, 6) is -0.415. The molecule has 0 aromatic carbocycles. The highest BCUT2D eigenvalue weighted by molar-refractivity contribution is 7.81. The molecule has 0 radical (unpaired) electrons. The minimum Gasteiger partial charge on any atom is -0.466 e. The van der Waals surface area contributed by atoms with E-state index in [9.17, 15) is 4.79 Å². The van der Waals surface area contributed by atoms with E-state index in [0.29, 0.717) is 13.2 Å². The molecule has 82 valence electrons. The second-order valence-corrected chi connectivity index (χ2v) is 4.60. The maximum atomic E-state index is 11.6. The molecular formula is C9H16O3S2. The molecule has 0 aromatic rings. The molecule has 1 aliphatic heterocycles. The average Bonchev–Trinajstić information content (AvgIpc) is 2.13. The molecule has 3 nitrogen and oxygen atoms in total. The molecule has 0 aliphatic carbocycles. The predicted octanol–water partition coefficient (Wildman–Crippen LogP) is 1.39. The quantitative estimate of drug-likeness (QED) is 0.562. The minimum absolute atomic E-state index is 0.0767. The number of ether oxygens (including phenoxy) is 2. The second kappa shape index (κ2) is 5.28. The van der Waals surface area contributed by atoms with Gasteiger partial charge in [-0.3, -0.25) is 4.79 Å². The average molecular weight is 236 g/mol. The number of hydrogen-bond donors (Lipinski definition) is 2. The molecule has 0 N–H and O–H groups in total. The molecule has 1 aliphatic rings. The highest BCUT2D eigenvalue weighted by atomic mass is 32.1. The maximum absolute atomic E-state index is 11.6. The summed E-state index contributed by atoms with van der Waals surface area (Å²) < 4.78 is 10.3. The van der Waals surface area contributed by atoms with Crippen molar-refractivity contribution in [1.82, 2.24) is 0 Å². The third-order valence-corrected chi connectivity index (χ3v) is 3.57. The van der Waals surface area contributed by atoms with Gasteiger partial charge in [0, 0.05) is 5.25 Å². The topological polar surface area (TPSA) is 35.5 Å². The van der Waals surface area contributed by atoms with E-state index in [-0.39, 0.29) is 28.5 Å². The Morgan fingerprint density at radius 3 is 2.79 bits per heavy atom. The Balaban J connectivity index is 2.66. The molecule has 0 saturated carbocycles. The molecular weight excluding hydrogens is 220 g/mol. The van der Waals surface area contributed by atoms with E-state index >= 15 is 0 Å². The zero-order chi connectivity index (χ0) is 10.7. The van der Waals surface area contributed by atoms with Gasteiger partial charge >= 0.3 is 5.97 Å². The fraction of sp³-hybridized carbons (Fsp3) is 0.889. The number of rotatable bonds is 2. The van der Waals surface area contributed by atoms with Gasteiger partial charge in [-0.1, -0.05) is 6.92 Å². The van der Waals surface area contributed by atoms with Crippen LogP contribution in [-0.2, 0) is 14.3 Å². The maximum Gasteiger partial charge on any atom is 0.312 e. The zero-order valence-corrected chi connectivity index (χ0v) is 10.1. The Hall–Kier alpha value is 0.130. The molecule has 4 atom stereocenters. The summed E-state index contributed by atoms with van der Waals surface area (Å²) in [5, 5.41) is 0.0767. The van der Waals surface area contributed by atoms with Crippen LogP contribution in [0.15, 0.2) is 0 Å². The van der Waals surface area contributed by atoms with Crippen molar-refractivity contribution in [2.24, 2.45) is 11.8 Å². The van der Waals surface area contributed by atoms with Gasteiger partial charge in [-0.2, -0.15) is 12.6 Å². The van der Waals surface area contributed by atoms with Gasteiger partial charge in [-0.15, -0.1) is 12.6 Å². The van der Waals surface area contributed by atoms with Crippen molar-refractivity contribution in [3.63, 3.8) is 0 Å². The Kier molecular flexibility index (Phi) is 4.60. The van der Waals surface area contributed by atoms with Crippen molar-refractivity contribution in [2.75, 3.05) is 13.2 Å². The van der Waals surface area contributed by atoms with Crippen LogP contribution in [0, 0.1) is 11.8 Å². The first-order valence-corrected chi connectivity index (χ1v) is 5.75. The van der Waals surface area contributed by atoms with Crippen LogP contribution in [0.25, 0.3) is 0 Å². The first-order chi connectivity index (χ1) is 6.57. The van der Waals surface area contributed by atoms with E-state index in [0.717, 1.165) is 0 Å². The fourth-order valence-electron chi connectivity index (χ4n) is 1.52. The fourth-order valence-corrected chi connectivity index (χ4v) is 2.27. The monoisotopic (exact) mass is 236 g/mol. The van der Waals surface area contributed by atoms with E-state index in [2.05, 4.69) is 25.3 Å². The number of hydrogen-bond acceptors (Lipinski definition) is 5. The molecule has 0 bridgehead atoms. The standard InChI is InChI=1S/C9H16O3S2/c1-3-11-8(10)7-5(2)6(13)4-12-9(7)14/h5-7,9,13-14H,3-4H2,1-2H3. The minimum atomic E-state index is -0.368. The van der Waals surface area contributed by atoms with E-state index in [1.54, 1.807) is 6.92 Å². The largest absolute Gasteiger partial charge is 0.466 e. The van der Waals surface area contributed by atoms with Crippen molar-refractivity contribution in [1.29, 1.82) is 0 Å². The lowest BCUT2D eigenvalue weighted by Crippen LogP contribution is -2.44. The lowest BCUT2D eigenvalue weighted by molar-refractivity contribution is -0.156. The van der Waals surface area contributed by atoms with Gasteiger partial charge in [0.2, 0.25) is 0 Å². The molecule has 0 spiro atoms. The normalized spacial score (nSPS) is 38.0. The van der Waals surface area contributed by atoms with E-state index in [1.165, 1.54) is 0 Å². The van der Waals surface area contributed by atoms with Gasteiger partial charge in [-0.05, 0) is 12.8 Å². The summed E-state index contributed by atoms with van der Waals surface area (Å²) in [7, 11) is 0. The lowest BCUT2D eigenvalue weighted by atomic mass is 9.89. The van der Waals surface area contributed by atoms with E-state index in [4.69, 9.17) is 9.47 Å². The number of thiol groups is 2. The molecule has 4 unspecified atom stereocenters. The van der Waals surface area contributed by atoms with E-state index < -0.39 is 0 Å². The van der Waals surface area contributed by atoms with Crippen LogP contribution < -0.4 is 0 Å². The third kappa shape index (κ3) is 2.58. The highest BCUT2D eigenvalue weighted by Gasteiger charge is 2.40. The molecule has 14 heavy (non-hydrogen) atoms. The first-order valence-electron chi connectivity index (χ1n) is 4.72. The molecule has 1 heterocycles. The van der Waals surface area contributed by atoms with Crippen molar-refractivity contribution in [2.45, 2.75) is 24.5 Å². The second-order valence-electron chi connectivity index (χ2n) is 3.43. The Bertz CT molecular complexity index is 210. The van der Waals surface area contributed by atoms with Gasteiger partial charge in [0.05, 0.1) is 19.1 Å². The van der Waals surface area contributed by atoms with Crippen LogP contribution in [0.1, 0.15) is 13.8 Å². The van der Waals surface area contributed by atoms with Crippen molar-refractivity contribution in [3.05, 3.63) is 0 Å². The molecule has 5 heteroatoms. The van der Waals surface area contributed by atoms with Gasteiger partial charge in [0.15, 0.2) is 0 Å². The Morgan fingerprint density at radius 1 is 1.57 bits per heavy atom. The van der Waals surface area contributed by atoms with Crippen LogP contribution in [0.5, 0.6) is 0 Å². The first kappa shape index (κ1) is 12.2. The summed E-state index contributed by atoms with van der Waals surface area (Å²) in [6, 6.07) is 0. The summed E-state index contributed by atoms with van der Waals surface area (Å²) in [4.78, 5) is 11.6. The van der Waals surface area contributed by atoms with Gasteiger partial charge < -0.3 is 9.47 Å². The number of esters is 1. The lowest BCUT2D eigenvalue weighted by Gasteiger charge is -2.35. The summed E-state index contributed by atoms with van der Waals surface area (Å²) >= 11 is 8.58. The molecule has 1 saturated heterocycles. The predicted molar refractivity (Wildman–Crippen MR) is 60.8 cm³/mol. The van der Waals surface area contributed by atoms with Crippen LogP contribution in [0.4, 0.5) is 0 Å². The van der Waals surface area contributed by atoms with Crippen LogP contribution in [0.3, 0.4) is 0 Å². The molecule has 1 rings (SSSR count). The zero-order valence-electron chi connectivity index (χ0n) is 8.34. The number of carbonyl (C=O) groups is 1. The molecule has 1 fully saturated rings. The highest BCUT2D eigenvalue weighted by Crippen LogP contribution is 2.32. The van der Waals surface area contributed by atoms with Crippen LogP contribution >= 0.6 is 25.3 Å².